The van der Waals surface area contributed by atoms with E-state index in [1.54, 1.807) is 7.11 Å². The average molecular weight is 290 g/mol. The van der Waals surface area contributed by atoms with Gasteiger partial charge in [-0.1, -0.05) is 41.9 Å². The SMILES string of the molecule is COc1ccccc1C(C)N[C@H](C)c1ccc(Cl)cc1. The number of hydrogen-bond donors (Lipinski definition) is 1. The maximum atomic E-state index is 5.92. The molecule has 0 heterocycles. The van der Waals surface area contributed by atoms with E-state index in [2.05, 4.69) is 37.4 Å². The summed E-state index contributed by atoms with van der Waals surface area (Å²) >= 11 is 5.92. The smallest absolute Gasteiger partial charge is 0.123 e. The molecule has 0 amide bonds. The van der Waals surface area contributed by atoms with Gasteiger partial charge in [0.15, 0.2) is 0 Å². The fourth-order valence-corrected chi connectivity index (χ4v) is 2.46. The molecule has 0 saturated carbocycles. The van der Waals surface area contributed by atoms with E-state index in [9.17, 15) is 0 Å². The Morgan fingerprint density at radius 2 is 1.60 bits per heavy atom. The maximum absolute atomic E-state index is 5.92. The van der Waals surface area contributed by atoms with Crippen molar-refractivity contribution in [1.29, 1.82) is 0 Å². The van der Waals surface area contributed by atoms with Crippen molar-refractivity contribution in [2.45, 2.75) is 25.9 Å². The molecule has 2 aromatic rings. The lowest BCUT2D eigenvalue weighted by molar-refractivity contribution is 0.396. The number of rotatable bonds is 5. The second-order valence-corrected chi connectivity index (χ2v) is 5.34. The van der Waals surface area contributed by atoms with Crippen LogP contribution >= 0.6 is 11.6 Å². The Hall–Kier alpha value is -1.51. The van der Waals surface area contributed by atoms with Crippen LogP contribution in [0, 0.1) is 0 Å². The molecule has 2 rings (SSSR count). The van der Waals surface area contributed by atoms with Crippen LogP contribution in [-0.2, 0) is 0 Å². The lowest BCUT2D eigenvalue weighted by atomic mass is 10.0. The first kappa shape index (κ1) is 14.9. The topological polar surface area (TPSA) is 21.3 Å². The van der Waals surface area contributed by atoms with E-state index in [1.165, 1.54) is 5.56 Å². The van der Waals surface area contributed by atoms with Crippen LogP contribution in [0.25, 0.3) is 0 Å². The summed E-state index contributed by atoms with van der Waals surface area (Å²) in [5.74, 6) is 0.913. The van der Waals surface area contributed by atoms with Crippen LogP contribution in [0.3, 0.4) is 0 Å². The first-order valence-electron chi connectivity index (χ1n) is 6.76. The Labute approximate surface area is 125 Å². The molecule has 0 radical (unpaired) electrons. The van der Waals surface area contributed by atoms with Gasteiger partial charge in [-0.05, 0) is 37.6 Å². The van der Waals surface area contributed by atoms with Crippen molar-refractivity contribution >= 4 is 11.6 Å². The summed E-state index contributed by atoms with van der Waals surface area (Å²) in [5.41, 5.74) is 2.38. The highest BCUT2D eigenvalue weighted by Crippen LogP contribution is 2.27. The molecule has 0 bridgehead atoms. The summed E-state index contributed by atoms with van der Waals surface area (Å²) in [6, 6.07) is 16.5. The second-order valence-electron chi connectivity index (χ2n) is 4.90. The molecule has 2 nitrogen and oxygen atoms in total. The van der Waals surface area contributed by atoms with Crippen molar-refractivity contribution in [3.63, 3.8) is 0 Å². The Morgan fingerprint density at radius 1 is 0.950 bits per heavy atom. The van der Waals surface area contributed by atoms with Gasteiger partial charge in [0.2, 0.25) is 0 Å². The lowest BCUT2D eigenvalue weighted by Crippen LogP contribution is -2.22. The van der Waals surface area contributed by atoms with Gasteiger partial charge in [0.25, 0.3) is 0 Å². The molecule has 3 heteroatoms. The fraction of sp³-hybridized carbons (Fsp3) is 0.294. The van der Waals surface area contributed by atoms with Gasteiger partial charge in [0.05, 0.1) is 7.11 Å². The van der Waals surface area contributed by atoms with Gasteiger partial charge in [0, 0.05) is 22.7 Å². The summed E-state index contributed by atoms with van der Waals surface area (Å²) in [6.45, 7) is 4.29. The van der Waals surface area contributed by atoms with Crippen LogP contribution in [-0.4, -0.2) is 7.11 Å². The minimum Gasteiger partial charge on any atom is -0.496 e. The van der Waals surface area contributed by atoms with E-state index < -0.39 is 0 Å². The average Bonchev–Trinajstić information content (AvgIpc) is 2.47. The molecule has 1 unspecified atom stereocenters. The van der Waals surface area contributed by atoms with Crippen molar-refractivity contribution in [1.82, 2.24) is 5.32 Å². The minimum absolute atomic E-state index is 0.205. The summed E-state index contributed by atoms with van der Waals surface area (Å²) in [5, 5.41) is 4.35. The van der Waals surface area contributed by atoms with Crippen LogP contribution in [0.5, 0.6) is 5.75 Å². The first-order chi connectivity index (χ1) is 9.61. The predicted molar refractivity (Wildman–Crippen MR) is 84.4 cm³/mol. The van der Waals surface area contributed by atoms with Gasteiger partial charge in [-0.3, -0.25) is 0 Å². The van der Waals surface area contributed by atoms with Crippen LogP contribution in [0.15, 0.2) is 48.5 Å². The third-order valence-electron chi connectivity index (χ3n) is 3.48. The van der Waals surface area contributed by atoms with E-state index in [1.807, 2.05) is 30.3 Å². The molecule has 0 spiro atoms. The Morgan fingerprint density at radius 3 is 2.25 bits per heavy atom. The van der Waals surface area contributed by atoms with Gasteiger partial charge >= 0.3 is 0 Å². The molecular weight excluding hydrogens is 270 g/mol. The standard InChI is InChI=1S/C17H20ClNO/c1-12(14-8-10-15(18)11-9-14)19-13(2)16-6-4-5-7-17(16)20-3/h4-13,19H,1-3H3/t12-,13?/m1/s1. The lowest BCUT2D eigenvalue weighted by Gasteiger charge is -2.22. The quantitative estimate of drug-likeness (QED) is 0.857. The van der Waals surface area contributed by atoms with Gasteiger partial charge in [0.1, 0.15) is 5.75 Å². The van der Waals surface area contributed by atoms with Crippen LogP contribution in [0.4, 0.5) is 0 Å². The number of para-hydroxylation sites is 1. The van der Waals surface area contributed by atoms with Crippen molar-refractivity contribution in [3.05, 3.63) is 64.7 Å². The molecule has 1 N–H and O–H groups in total. The Balaban J connectivity index is 2.10. The van der Waals surface area contributed by atoms with Gasteiger partial charge in [-0.2, -0.15) is 0 Å². The molecule has 20 heavy (non-hydrogen) atoms. The molecule has 2 aromatic carbocycles. The van der Waals surface area contributed by atoms with Crippen LogP contribution < -0.4 is 10.1 Å². The second kappa shape index (κ2) is 6.78. The number of methoxy groups -OCH3 is 1. The zero-order chi connectivity index (χ0) is 14.5. The number of benzene rings is 2. The normalized spacial score (nSPS) is 13.8. The monoisotopic (exact) mass is 289 g/mol. The zero-order valence-electron chi connectivity index (χ0n) is 12.1. The van der Waals surface area contributed by atoms with Crippen molar-refractivity contribution < 1.29 is 4.74 Å². The molecule has 2 atom stereocenters. The van der Waals surface area contributed by atoms with E-state index in [-0.39, 0.29) is 12.1 Å². The number of hydrogen-bond acceptors (Lipinski definition) is 2. The molecule has 106 valence electrons. The van der Waals surface area contributed by atoms with Gasteiger partial charge < -0.3 is 10.1 Å². The number of halogens is 1. The van der Waals surface area contributed by atoms with Crippen molar-refractivity contribution in [2.24, 2.45) is 0 Å². The minimum atomic E-state index is 0.205. The first-order valence-corrected chi connectivity index (χ1v) is 7.14. The van der Waals surface area contributed by atoms with E-state index in [4.69, 9.17) is 16.3 Å². The molecule has 0 aliphatic rings. The summed E-state index contributed by atoms with van der Waals surface area (Å²) in [7, 11) is 1.70. The highest BCUT2D eigenvalue weighted by atomic mass is 35.5. The zero-order valence-corrected chi connectivity index (χ0v) is 12.8. The van der Waals surface area contributed by atoms with E-state index in [0.29, 0.717) is 0 Å². The third-order valence-corrected chi connectivity index (χ3v) is 3.73. The predicted octanol–water partition coefficient (Wildman–Crippen LogP) is 4.76. The third kappa shape index (κ3) is 3.53. The van der Waals surface area contributed by atoms with E-state index in [0.717, 1.165) is 16.3 Å². The summed E-state index contributed by atoms with van der Waals surface area (Å²) < 4.78 is 5.41. The molecule has 0 aliphatic carbocycles. The highest BCUT2D eigenvalue weighted by molar-refractivity contribution is 6.30. The molecule has 0 fully saturated rings. The Bertz CT molecular complexity index is 553. The maximum Gasteiger partial charge on any atom is 0.123 e. The number of ether oxygens (including phenoxy) is 1. The van der Waals surface area contributed by atoms with Gasteiger partial charge in [-0.25, -0.2) is 0 Å². The largest absolute Gasteiger partial charge is 0.496 e. The Kier molecular flexibility index (Phi) is 5.05. The van der Waals surface area contributed by atoms with Crippen molar-refractivity contribution in [2.75, 3.05) is 7.11 Å². The molecule has 0 saturated heterocycles. The van der Waals surface area contributed by atoms with E-state index >= 15 is 0 Å². The fourth-order valence-electron chi connectivity index (χ4n) is 2.34. The number of nitrogens with one attached hydrogen (secondary N) is 1. The highest BCUT2D eigenvalue weighted by Gasteiger charge is 2.14. The van der Waals surface area contributed by atoms with Crippen LogP contribution in [0.1, 0.15) is 37.1 Å². The summed E-state index contributed by atoms with van der Waals surface area (Å²) in [6.07, 6.45) is 0. The van der Waals surface area contributed by atoms with Crippen LogP contribution in [0.2, 0.25) is 5.02 Å². The summed E-state index contributed by atoms with van der Waals surface area (Å²) in [4.78, 5) is 0. The molecule has 0 aromatic heterocycles. The van der Waals surface area contributed by atoms with Gasteiger partial charge in [-0.15, -0.1) is 0 Å². The molecular formula is C17H20ClNO. The molecule has 0 aliphatic heterocycles. The van der Waals surface area contributed by atoms with Crippen molar-refractivity contribution in [3.8, 4) is 5.75 Å².